The van der Waals surface area contributed by atoms with Crippen LogP contribution in [0.25, 0.3) is 0 Å². The number of hydrogen-bond donors (Lipinski definition) is 1. The van der Waals surface area contributed by atoms with Gasteiger partial charge in [-0.05, 0) is 51.6 Å². The zero-order valence-electron chi connectivity index (χ0n) is 15.0. The van der Waals surface area contributed by atoms with Crippen LogP contribution >= 0.6 is 12.4 Å². The van der Waals surface area contributed by atoms with Gasteiger partial charge >= 0.3 is 0 Å². The minimum absolute atomic E-state index is 0. The van der Waals surface area contributed by atoms with Gasteiger partial charge in [0.2, 0.25) is 5.91 Å². The first-order valence-electron chi connectivity index (χ1n) is 8.87. The van der Waals surface area contributed by atoms with Crippen LogP contribution in [-0.4, -0.2) is 53.8 Å². The standard InChI is InChI=1S/C18H27N3O3.ClH/c1-12-10-15(13(2)24-12)18(23)20-9-6-16-14(11-20)4-5-17(22)21(16)8-3-7-19;/h10,14,16H,3-9,11,19H2,1-2H3;1H/t14-,16+;/m0./s1. The average molecular weight is 370 g/mol. The second kappa shape index (κ2) is 8.23. The third-order valence-electron chi connectivity index (χ3n) is 5.31. The molecule has 2 saturated heterocycles. The van der Waals surface area contributed by atoms with Gasteiger partial charge in [-0.25, -0.2) is 0 Å². The number of aryl methyl sites for hydroxylation is 2. The molecule has 3 heterocycles. The number of piperidine rings is 2. The van der Waals surface area contributed by atoms with Crippen molar-refractivity contribution in [2.24, 2.45) is 11.7 Å². The van der Waals surface area contributed by atoms with Gasteiger partial charge in [-0.1, -0.05) is 0 Å². The molecule has 2 amide bonds. The maximum atomic E-state index is 12.8. The molecule has 0 aromatic carbocycles. The fraction of sp³-hybridized carbons (Fsp3) is 0.667. The van der Waals surface area contributed by atoms with E-state index in [9.17, 15) is 9.59 Å². The van der Waals surface area contributed by atoms with Gasteiger partial charge in [0.1, 0.15) is 11.5 Å². The summed E-state index contributed by atoms with van der Waals surface area (Å²) in [5, 5.41) is 0. The third kappa shape index (κ3) is 4.01. The Labute approximate surface area is 155 Å². The van der Waals surface area contributed by atoms with E-state index in [4.69, 9.17) is 10.2 Å². The molecular formula is C18H28ClN3O3. The minimum Gasteiger partial charge on any atom is -0.466 e. The number of halogens is 1. The predicted octanol–water partition coefficient (Wildman–Crippen LogP) is 2.12. The van der Waals surface area contributed by atoms with Crippen molar-refractivity contribution < 1.29 is 14.0 Å². The lowest BCUT2D eigenvalue weighted by molar-refractivity contribution is -0.140. The largest absolute Gasteiger partial charge is 0.466 e. The van der Waals surface area contributed by atoms with E-state index in [0.717, 1.165) is 38.1 Å². The number of furan rings is 1. The number of carbonyl (C=O) groups excluding carboxylic acids is 2. The summed E-state index contributed by atoms with van der Waals surface area (Å²) >= 11 is 0. The van der Waals surface area contributed by atoms with Crippen LogP contribution in [0.15, 0.2) is 10.5 Å². The number of amides is 2. The molecule has 2 aliphatic rings. The van der Waals surface area contributed by atoms with Crippen LogP contribution in [0.1, 0.15) is 47.6 Å². The summed E-state index contributed by atoms with van der Waals surface area (Å²) < 4.78 is 5.50. The average Bonchev–Trinajstić information content (AvgIpc) is 2.91. The molecule has 0 radical (unpaired) electrons. The van der Waals surface area contributed by atoms with Crippen LogP contribution in [0, 0.1) is 19.8 Å². The van der Waals surface area contributed by atoms with Crippen molar-refractivity contribution in [2.75, 3.05) is 26.2 Å². The highest BCUT2D eigenvalue weighted by molar-refractivity contribution is 5.95. The summed E-state index contributed by atoms with van der Waals surface area (Å²) in [5.74, 6) is 2.11. The molecule has 2 aliphatic heterocycles. The molecule has 0 saturated carbocycles. The van der Waals surface area contributed by atoms with E-state index in [1.54, 1.807) is 0 Å². The molecule has 2 fully saturated rings. The molecule has 2 N–H and O–H groups in total. The van der Waals surface area contributed by atoms with Crippen LogP contribution in [0.2, 0.25) is 0 Å². The van der Waals surface area contributed by atoms with Crippen molar-refractivity contribution in [3.05, 3.63) is 23.2 Å². The Hall–Kier alpha value is -1.53. The first kappa shape index (κ1) is 19.8. The quantitative estimate of drug-likeness (QED) is 0.881. The maximum Gasteiger partial charge on any atom is 0.257 e. The second-order valence-corrected chi connectivity index (χ2v) is 6.96. The van der Waals surface area contributed by atoms with E-state index in [2.05, 4.69) is 0 Å². The van der Waals surface area contributed by atoms with Crippen LogP contribution in [-0.2, 0) is 4.79 Å². The molecule has 0 spiro atoms. The zero-order valence-corrected chi connectivity index (χ0v) is 15.8. The summed E-state index contributed by atoms with van der Waals surface area (Å²) in [6, 6.07) is 2.08. The molecule has 6 nitrogen and oxygen atoms in total. The molecule has 1 aromatic heterocycles. The predicted molar refractivity (Wildman–Crippen MR) is 97.8 cm³/mol. The highest BCUT2D eigenvalue weighted by Gasteiger charge is 2.40. The molecule has 25 heavy (non-hydrogen) atoms. The van der Waals surface area contributed by atoms with E-state index < -0.39 is 0 Å². The Balaban J connectivity index is 0.00000225. The van der Waals surface area contributed by atoms with E-state index in [1.165, 1.54) is 0 Å². The second-order valence-electron chi connectivity index (χ2n) is 6.96. The summed E-state index contributed by atoms with van der Waals surface area (Å²) in [6.45, 7) is 6.45. The fourth-order valence-corrected chi connectivity index (χ4v) is 4.10. The Kier molecular flexibility index (Phi) is 6.52. The number of hydrogen-bond acceptors (Lipinski definition) is 4. The number of carbonyl (C=O) groups is 2. The van der Waals surface area contributed by atoms with Gasteiger partial charge in [0, 0.05) is 32.1 Å². The monoisotopic (exact) mass is 369 g/mol. The number of fused-ring (bicyclic) bond motifs is 1. The summed E-state index contributed by atoms with van der Waals surface area (Å²) in [7, 11) is 0. The first-order chi connectivity index (χ1) is 11.5. The molecule has 0 bridgehead atoms. The highest BCUT2D eigenvalue weighted by atomic mass is 35.5. The molecule has 7 heteroatoms. The summed E-state index contributed by atoms with van der Waals surface area (Å²) in [5.41, 5.74) is 6.27. The Bertz CT molecular complexity index is 631. The molecule has 0 aliphatic carbocycles. The van der Waals surface area contributed by atoms with Crippen molar-refractivity contribution in [3.8, 4) is 0 Å². The van der Waals surface area contributed by atoms with Gasteiger partial charge in [-0.2, -0.15) is 0 Å². The zero-order chi connectivity index (χ0) is 17.3. The van der Waals surface area contributed by atoms with E-state index in [-0.39, 0.29) is 30.3 Å². The van der Waals surface area contributed by atoms with Gasteiger partial charge in [-0.15, -0.1) is 12.4 Å². The van der Waals surface area contributed by atoms with Crippen LogP contribution in [0.3, 0.4) is 0 Å². The SMILES string of the molecule is Cc1cc(C(=O)N2CC[C@@H]3[C@@H](CCC(=O)N3CCCN)C2)c(C)o1.Cl. The summed E-state index contributed by atoms with van der Waals surface area (Å²) in [4.78, 5) is 29.0. The maximum absolute atomic E-state index is 12.8. The minimum atomic E-state index is 0. The number of likely N-dealkylation sites (tertiary alicyclic amines) is 2. The van der Waals surface area contributed by atoms with Crippen molar-refractivity contribution in [1.29, 1.82) is 0 Å². The molecule has 2 atom stereocenters. The lowest BCUT2D eigenvalue weighted by atomic mass is 9.83. The first-order valence-corrected chi connectivity index (χ1v) is 8.87. The normalized spacial score (nSPS) is 23.2. The lowest BCUT2D eigenvalue weighted by Crippen LogP contribution is -2.57. The molecule has 1 aromatic rings. The number of nitrogens with two attached hydrogens (primary N) is 1. The topological polar surface area (TPSA) is 79.8 Å². The number of rotatable bonds is 4. The molecular weight excluding hydrogens is 342 g/mol. The van der Waals surface area contributed by atoms with E-state index >= 15 is 0 Å². The van der Waals surface area contributed by atoms with E-state index in [0.29, 0.717) is 36.8 Å². The van der Waals surface area contributed by atoms with Gasteiger partial charge in [0.05, 0.1) is 5.56 Å². The molecule has 0 unspecified atom stereocenters. The van der Waals surface area contributed by atoms with Crippen LogP contribution in [0.4, 0.5) is 0 Å². The van der Waals surface area contributed by atoms with Crippen molar-refractivity contribution in [3.63, 3.8) is 0 Å². The fourth-order valence-electron chi connectivity index (χ4n) is 4.10. The lowest BCUT2D eigenvalue weighted by Gasteiger charge is -2.47. The number of nitrogens with zero attached hydrogens (tertiary/aromatic N) is 2. The van der Waals surface area contributed by atoms with Crippen molar-refractivity contribution in [1.82, 2.24) is 9.80 Å². The highest BCUT2D eigenvalue weighted by Crippen LogP contribution is 2.32. The van der Waals surface area contributed by atoms with Crippen molar-refractivity contribution in [2.45, 2.75) is 45.6 Å². The van der Waals surface area contributed by atoms with Crippen LogP contribution in [0.5, 0.6) is 0 Å². The van der Waals surface area contributed by atoms with Gasteiger partial charge in [0.25, 0.3) is 5.91 Å². The van der Waals surface area contributed by atoms with E-state index in [1.807, 2.05) is 29.7 Å². The Morgan fingerprint density at radius 3 is 2.76 bits per heavy atom. The van der Waals surface area contributed by atoms with Gasteiger partial charge in [-0.3, -0.25) is 9.59 Å². The summed E-state index contributed by atoms with van der Waals surface area (Å²) in [6.07, 6.45) is 3.14. The third-order valence-corrected chi connectivity index (χ3v) is 5.31. The Morgan fingerprint density at radius 2 is 2.12 bits per heavy atom. The van der Waals surface area contributed by atoms with Crippen LogP contribution < -0.4 is 5.73 Å². The van der Waals surface area contributed by atoms with Crippen molar-refractivity contribution >= 4 is 24.2 Å². The van der Waals surface area contributed by atoms with Gasteiger partial charge < -0.3 is 20.0 Å². The van der Waals surface area contributed by atoms with Gasteiger partial charge in [0.15, 0.2) is 0 Å². The molecule has 140 valence electrons. The smallest absolute Gasteiger partial charge is 0.257 e. The Morgan fingerprint density at radius 1 is 1.36 bits per heavy atom. The molecule has 3 rings (SSSR count).